The first-order chi connectivity index (χ1) is 16.8. The van der Waals surface area contributed by atoms with Crippen LogP contribution in [0.1, 0.15) is 21.5 Å². The minimum atomic E-state index is -0.497. The number of hydrogen-bond acceptors (Lipinski definition) is 7. The molecule has 10 heteroatoms. The van der Waals surface area contributed by atoms with Gasteiger partial charge in [-0.05, 0) is 37.1 Å². The van der Waals surface area contributed by atoms with Gasteiger partial charge >= 0.3 is 5.97 Å². The summed E-state index contributed by atoms with van der Waals surface area (Å²) < 4.78 is 6.82. The Balaban J connectivity index is 1.52. The van der Waals surface area contributed by atoms with Crippen molar-refractivity contribution in [3.63, 3.8) is 0 Å². The van der Waals surface area contributed by atoms with Gasteiger partial charge in [0, 0.05) is 23.6 Å². The largest absolute Gasteiger partial charge is 0.465 e. The van der Waals surface area contributed by atoms with Crippen LogP contribution >= 0.6 is 34.7 Å². The molecule has 4 aromatic rings. The van der Waals surface area contributed by atoms with Crippen LogP contribution in [0.4, 0.5) is 5.00 Å². The average molecular weight is 527 g/mol. The normalized spacial score (nSPS) is 10.9. The van der Waals surface area contributed by atoms with Crippen LogP contribution in [0.3, 0.4) is 0 Å². The molecule has 1 amide bonds. The average Bonchev–Trinajstić information content (AvgIpc) is 3.42. The third-order valence-corrected chi connectivity index (χ3v) is 7.64. The number of amides is 1. The zero-order chi connectivity index (χ0) is 25.1. The minimum Gasteiger partial charge on any atom is -0.465 e. The molecule has 180 valence electrons. The molecular weight excluding hydrogens is 504 g/mol. The zero-order valence-corrected chi connectivity index (χ0v) is 22.0. The van der Waals surface area contributed by atoms with Gasteiger partial charge in [-0.15, -0.1) is 21.5 Å². The maximum Gasteiger partial charge on any atom is 0.341 e. The number of carbonyl (C=O) groups is 2. The molecule has 0 atom stereocenters. The van der Waals surface area contributed by atoms with Gasteiger partial charge in [-0.3, -0.25) is 4.79 Å². The van der Waals surface area contributed by atoms with E-state index >= 15 is 0 Å². The van der Waals surface area contributed by atoms with E-state index in [0.717, 1.165) is 27.8 Å². The van der Waals surface area contributed by atoms with E-state index in [-0.39, 0.29) is 11.7 Å². The minimum absolute atomic E-state index is 0.0891. The Kier molecular flexibility index (Phi) is 7.59. The first kappa shape index (κ1) is 25.0. The molecule has 7 nitrogen and oxygen atoms in total. The summed E-state index contributed by atoms with van der Waals surface area (Å²) in [6.45, 7) is 3.98. The van der Waals surface area contributed by atoms with E-state index in [9.17, 15) is 9.59 Å². The highest BCUT2D eigenvalue weighted by Gasteiger charge is 2.23. The standard InChI is InChI=1S/C25H23ClN4O3S2/c1-14-9-10-15(2)17(11-14)18-12-34-23(21(18)24(32)33-4)27-20(31)13-35-25-29-28-22(30(25)3)16-7-5-6-8-19(16)26/h5-12H,13H2,1-4H3,(H,27,31). The number of methoxy groups -OCH3 is 1. The molecule has 1 N–H and O–H groups in total. The van der Waals surface area contributed by atoms with Crippen LogP contribution in [-0.2, 0) is 16.6 Å². The second kappa shape index (κ2) is 10.6. The number of nitrogens with zero attached hydrogens (tertiary/aromatic N) is 3. The highest BCUT2D eigenvalue weighted by atomic mass is 35.5. The second-order valence-corrected chi connectivity index (χ2v) is 10.1. The third kappa shape index (κ3) is 5.27. The fourth-order valence-corrected chi connectivity index (χ4v) is 5.49. The van der Waals surface area contributed by atoms with Crippen molar-refractivity contribution in [3.05, 3.63) is 69.6 Å². The molecule has 0 aliphatic carbocycles. The molecule has 0 radical (unpaired) electrons. The summed E-state index contributed by atoms with van der Waals surface area (Å²) in [5, 5.41) is 14.8. The Morgan fingerprint density at radius 1 is 1.11 bits per heavy atom. The Bertz CT molecular complexity index is 1410. The summed E-state index contributed by atoms with van der Waals surface area (Å²) in [5.41, 5.74) is 4.90. The van der Waals surface area contributed by atoms with Crippen LogP contribution < -0.4 is 5.32 Å². The van der Waals surface area contributed by atoms with E-state index in [1.165, 1.54) is 30.2 Å². The number of thioether (sulfide) groups is 1. The predicted molar refractivity (Wildman–Crippen MR) is 141 cm³/mol. The van der Waals surface area contributed by atoms with Gasteiger partial charge in [0.2, 0.25) is 5.91 Å². The molecule has 0 aliphatic heterocycles. The van der Waals surface area contributed by atoms with Crippen LogP contribution in [-0.4, -0.2) is 39.5 Å². The van der Waals surface area contributed by atoms with Gasteiger partial charge in [0.25, 0.3) is 0 Å². The Hall–Kier alpha value is -3.14. The number of ether oxygens (including phenoxy) is 1. The topological polar surface area (TPSA) is 86.1 Å². The van der Waals surface area contributed by atoms with Crippen molar-refractivity contribution in [2.45, 2.75) is 19.0 Å². The summed E-state index contributed by atoms with van der Waals surface area (Å²) in [6, 6.07) is 13.4. The van der Waals surface area contributed by atoms with Crippen LogP contribution in [0.15, 0.2) is 53.0 Å². The van der Waals surface area contributed by atoms with Crippen molar-refractivity contribution in [2.24, 2.45) is 7.05 Å². The zero-order valence-electron chi connectivity index (χ0n) is 19.6. The summed E-state index contributed by atoms with van der Waals surface area (Å²) in [6.07, 6.45) is 0. The van der Waals surface area contributed by atoms with E-state index in [4.69, 9.17) is 16.3 Å². The fourth-order valence-electron chi connectivity index (χ4n) is 3.59. The van der Waals surface area contributed by atoms with Gasteiger partial charge in [0.15, 0.2) is 11.0 Å². The van der Waals surface area contributed by atoms with Gasteiger partial charge in [-0.2, -0.15) is 0 Å². The highest BCUT2D eigenvalue weighted by Crippen LogP contribution is 2.38. The molecule has 0 saturated heterocycles. The van der Waals surface area contributed by atoms with Gasteiger partial charge in [0.05, 0.1) is 17.9 Å². The highest BCUT2D eigenvalue weighted by molar-refractivity contribution is 7.99. The second-order valence-electron chi connectivity index (χ2n) is 7.85. The van der Waals surface area contributed by atoms with Gasteiger partial charge in [-0.25, -0.2) is 4.79 Å². The Labute approximate surface area is 216 Å². The van der Waals surface area contributed by atoms with Crippen molar-refractivity contribution in [1.29, 1.82) is 0 Å². The molecule has 0 spiro atoms. The van der Waals surface area contributed by atoms with E-state index in [2.05, 4.69) is 15.5 Å². The van der Waals surface area contributed by atoms with E-state index in [0.29, 0.717) is 26.6 Å². The lowest BCUT2D eigenvalue weighted by atomic mass is 9.97. The molecule has 0 aliphatic rings. The van der Waals surface area contributed by atoms with Crippen LogP contribution in [0.25, 0.3) is 22.5 Å². The summed E-state index contributed by atoms with van der Waals surface area (Å²) in [7, 11) is 3.16. The Morgan fingerprint density at radius 2 is 1.89 bits per heavy atom. The fraction of sp³-hybridized carbons (Fsp3) is 0.200. The SMILES string of the molecule is COC(=O)c1c(-c2cc(C)ccc2C)csc1NC(=O)CSc1nnc(-c2ccccc2Cl)n1C. The Morgan fingerprint density at radius 3 is 2.63 bits per heavy atom. The van der Waals surface area contributed by atoms with Crippen molar-refractivity contribution >= 4 is 51.6 Å². The van der Waals surface area contributed by atoms with Gasteiger partial charge in [0.1, 0.15) is 10.6 Å². The third-order valence-electron chi connectivity index (χ3n) is 5.40. The number of halogens is 1. The lowest BCUT2D eigenvalue weighted by molar-refractivity contribution is -0.113. The molecule has 0 saturated carbocycles. The number of aryl methyl sites for hydroxylation is 2. The lowest BCUT2D eigenvalue weighted by Gasteiger charge is -2.10. The maximum atomic E-state index is 12.8. The van der Waals surface area contributed by atoms with Gasteiger partial charge in [-0.1, -0.05) is 59.3 Å². The number of carbonyl (C=O) groups excluding carboxylic acids is 2. The van der Waals surface area contributed by atoms with Crippen LogP contribution in [0.5, 0.6) is 0 Å². The number of thiophene rings is 1. The number of nitrogens with one attached hydrogen (secondary N) is 1. The van der Waals surface area contributed by atoms with E-state index in [1.807, 2.05) is 62.7 Å². The van der Waals surface area contributed by atoms with Crippen molar-refractivity contribution in [2.75, 3.05) is 18.2 Å². The number of esters is 1. The van der Waals surface area contributed by atoms with Crippen molar-refractivity contribution < 1.29 is 14.3 Å². The molecule has 35 heavy (non-hydrogen) atoms. The predicted octanol–water partition coefficient (Wildman–Crippen LogP) is 6.00. The summed E-state index contributed by atoms with van der Waals surface area (Å²) in [5.74, 6) is -0.0614. The maximum absolute atomic E-state index is 12.8. The number of rotatable bonds is 7. The first-order valence-corrected chi connectivity index (χ1v) is 12.9. The number of anilines is 1. The quantitative estimate of drug-likeness (QED) is 0.235. The number of benzene rings is 2. The van der Waals surface area contributed by atoms with Gasteiger partial charge < -0.3 is 14.6 Å². The van der Waals surface area contributed by atoms with E-state index < -0.39 is 5.97 Å². The summed E-state index contributed by atoms with van der Waals surface area (Å²) >= 11 is 8.83. The molecule has 0 bridgehead atoms. The first-order valence-electron chi connectivity index (χ1n) is 10.6. The number of aromatic nitrogens is 3. The van der Waals surface area contributed by atoms with Crippen molar-refractivity contribution in [3.8, 4) is 22.5 Å². The van der Waals surface area contributed by atoms with Crippen LogP contribution in [0, 0.1) is 13.8 Å². The summed E-state index contributed by atoms with van der Waals surface area (Å²) in [4.78, 5) is 25.5. The van der Waals surface area contributed by atoms with Crippen LogP contribution in [0.2, 0.25) is 5.02 Å². The molecular formula is C25H23ClN4O3S2. The molecule has 2 aromatic carbocycles. The monoisotopic (exact) mass is 526 g/mol. The smallest absolute Gasteiger partial charge is 0.341 e. The lowest BCUT2D eigenvalue weighted by Crippen LogP contribution is -2.16. The molecule has 0 unspecified atom stereocenters. The number of hydrogen-bond donors (Lipinski definition) is 1. The molecule has 0 fully saturated rings. The van der Waals surface area contributed by atoms with E-state index in [1.54, 1.807) is 10.6 Å². The van der Waals surface area contributed by atoms with Crippen molar-refractivity contribution in [1.82, 2.24) is 14.8 Å². The molecule has 4 rings (SSSR count). The molecule has 2 aromatic heterocycles. The molecule has 2 heterocycles.